The van der Waals surface area contributed by atoms with Gasteiger partial charge in [-0.2, -0.15) is 0 Å². The lowest BCUT2D eigenvalue weighted by Crippen LogP contribution is -2.47. The first-order chi connectivity index (χ1) is 10.2. The van der Waals surface area contributed by atoms with Gasteiger partial charge in [0.25, 0.3) is 0 Å². The second-order valence-corrected chi connectivity index (χ2v) is 6.23. The highest BCUT2D eigenvalue weighted by Crippen LogP contribution is 2.29. The van der Waals surface area contributed by atoms with Crippen LogP contribution < -0.4 is 5.73 Å². The number of hydrogen-bond acceptors (Lipinski definition) is 3. The first-order valence-electron chi connectivity index (χ1n) is 7.83. The number of ether oxygens (including phenoxy) is 1. The second kappa shape index (κ2) is 6.16. The van der Waals surface area contributed by atoms with Gasteiger partial charge in [-0.1, -0.05) is 24.3 Å². The minimum Gasteiger partial charge on any atom is -0.380 e. The molecule has 4 nitrogen and oxygen atoms in total. The predicted molar refractivity (Wildman–Crippen MR) is 81.7 cm³/mol. The van der Waals surface area contributed by atoms with Crippen LogP contribution in [0.3, 0.4) is 0 Å². The Morgan fingerprint density at radius 1 is 1.29 bits per heavy atom. The minimum atomic E-state index is -0.0187. The molecule has 4 heteroatoms. The number of carbonyl (C=O) groups is 1. The van der Waals surface area contributed by atoms with Crippen LogP contribution in [0.25, 0.3) is 0 Å². The summed E-state index contributed by atoms with van der Waals surface area (Å²) < 4.78 is 5.37. The molecule has 1 aromatic rings. The Morgan fingerprint density at radius 3 is 2.76 bits per heavy atom. The van der Waals surface area contributed by atoms with Crippen molar-refractivity contribution in [3.63, 3.8) is 0 Å². The molecule has 0 unspecified atom stereocenters. The summed E-state index contributed by atoms with van der Waals surface area (Å²) in [5, 5.41) is 0. The Balaban J connectivity index is 1.65. The van der Waals surface area contributed by atoms with E-state index in [0.29, 0.717) is 0 Å². The molecule has 1 heterocycles. The summed E-state index contributed by atoms with van der Waals surface area (Å²) in [5.41, 5.74) is 8.79. The molecule has 3 atom stereocenters. The highest BCUT2D eigenvalue weighted by Gasteiger charge is 2.34. The number of carbonyl (C=O) groups excluding carboxylic acids is 1. The van der Waals surface area contributed by atoms with Gasteiger partial charge in [-0.05, 0) is 36.8 Å². The molecule has 0 saturated heterocycles. The molecule has 1 aromatic carbocycles. The monoisotopic (exact) mass is 288 g/mol. The summed E-state index contributed by atoms with van der Waals surface area (Å²) >= 11 is 0. The molecule has 21 heavy (non-hydrogen) atoms. The molecular weight excluding hydrogens is 264 g/mol. The van der Waals surface area contributed by atoms with Crippen molar-refractivity contribution in [3.05, 3.63) is 35.4 Å². The molecule has 0 aromatic heterocycles. The van der Waals surface area contributed by atoms with Gasteiger partial charge in [-0.25, -0.2) is 0 Å². The third-order valence-corrected chi connectivity index (χ3v) is 4.93. The molecule has 2 aliphatic rings. The van der Waals surface area contributed by atoms with Crippen molar-refractivity contribution in [3.8, 4) is 0 Å². The number of hydrogen-bond donors (Lipinski definition) is 1. The third kappa shape index (κ3) is 2.97. The Labute approximate surface area is 126 Å². The second-order valence-electron chi connectivity index (χ2n) is 6.23. The van der Waals surface area contributed by atoms with Crippen molar-refractivity contribution in [1.29, 1.82) is 0 Å². The zero-order valence-electron chi connectivity index (χ0n) is 12.6. The van der Waals surface area contributed by atoms with Crippen molar-refractivity contribution < 1.29 is 9.53 Å². The van der Waals surface area contributed by atoms with Crippen molar-refractivity contribution >= 4 is 5.91 Å². The lowest BCUT2D eigenvalue weighted by atomic mass is 9.83. The van der Waals surface area contributed by atoms with Crippen LogP contribution in [0, 0.1) is 5.92 Å². The van der Waals surface area contributed by atoms with Crippen molar-refractivity contribution in [1.82, 2.24) is 4.90 Å². The van der Waals surface area contributed by atoms with Crippen LogP contribution in [0.15, 0.2) is 24.3 Å². The summed E-state index contributed by atoms with van der Waals surface area (Å²) in [7, 11) is 1.70. The van der Waals surface area contributed by atoms with Crippen LogP contribution in [0.4, 0.5) is 0 Å². The van der Waals surface area contributed by atoms with E-state index in [-0.39, 0.29) is 24.0 Å². The SMILES string of the molecule is CO[C@@H]1CC[C@H](C(=O)N2CCc3ccccc3C2)C[C@H]1N. The van der Waals surface area contributed by atoms with Gasteiger partial charge in [0.2, 0.25) is 5.91 Å². The normalized spacial score (nSPS) is 29.0. The molecule has 0 bridgehead atoms. The van der Waals surface area contributed by atoms with E-state index >= 15 is 0 Å². The molecule has 0 radical (unpaired) electrons. The van der Waals surface area contributed by atoms with Gasteiger partial charge in [0, 0.05) is 32.2 Å². The van der Waals surface area contributed by atoms with Crippen LogP contribution in [0.2, 0.25) is 0 Å². The van der Waals surface area contributed by atoms with Crippen LogP contribution in [0.1, 0.15) is 30.4 Å². The van der Waals surface area contributed by atoms with Crippen LogP contribution in [0.5, 0.6) is 0 Å². The highest BCUT2D eigenvalue weighted by molar-refractivity contribution is 5.79. The number of nitrogens with zero attached hydrogens (tertiary/aromatic N) is 1. The van der Waals surface area contributed by atoms with E-state index in [9.17, 15) is 4.79 Å². The molecule has 2 N–H and O–H groups in total. The molecule has 1 amide bonds. The number of nitrogens with two attached hydrogens (primary N) is 1. The average Bonchev–Trinajstić information content (AvgIpc) is 2.53. The Hall–Kier alpha value is -1.39. The first kappa shape index (κ1) is 14.5. The number of rotatable bonds is 2. The fourth-order valence-corrected chi connectivity index (χ4v) is 3.64. The molecule has 1 fully saturated rings. The van der Waals surface area contributed by atoms with Gasteiger partial charge in [0.15, 0.2) is 0 Å². The highest BCUT2D eigenvalue weighted by atomic mass is 16.5. The standard InChI is InChI=1S/C17H24N2O2/c1-21-16-7-6-13(10-15(16)18)17(20)19-9-8-12-4-2-3-5-14(12)11-19/h2-5,13,15-16H,6-11,18H2,1H3/t13-,15+,16+/m0/s1. The van der Waals surface area contributed by atoms with Crippen LogP contribution in [-0.2, 0) is 22.5 Å². The van der Waals surface area contributed by atoms with Gasteiger partial charge in [0.1, 0.15) is 0 Å². The summed E-state index contributed by atoms with van der Waals surface area (Å²) in [5.74, 6) is 0.339. The first-order valence-corrected chi connectivity index (χ1v) is 7.83. The van der Waals surface area contributed by atoms with Crippen molar-refractivity contribution in [2.45, 2.75) is 44.4 Å². The summed E-state index contributed by atoms with van der Waals surface area (Å²) in [6, 6.07) is 8.39. The molecule has 0 spiro atoms. The Bertz CT molecular complexity index is 517. The van der Waals surface area contributed by atoms with Gasteiger partial charge in [-0.15, -0.1) is 0 Å². The lowest BCUT2D eigenvalue weighted by Gasteiger charge is -2.36. The fraction of sp³-hybridized carbons (Fsp3) is 0.588. The maximum atomic E-state index is 12.7. The third-order valence-electron chi connectivity index (χ3n) is 4.93. The zero-order chi connectivity index (χ0) is 14.8. The van der Waals surface area contributed by atoms with Gasteiger partial charge < -0.3 is 15.4 Å². The van der Waals surface area contributed by atoms with E-state index in [1.807, 2.05) is 11.0 Å². The van der Waals surface area contributed by atoms with E-state index < -0.39 is 0 Å². The topological polar surface area (TPSA) is 55.6 Å². The molecule has 1 saturated carbocycles. The van der Waals surface area contributed by atoms with E-state index in [1.54, 1.807) is 7.11 Å². The smallest absolute Gasteiger partial charge is 0.226 e. The quantitative estimate of drug-likeness (QED) is 0.901. The predicted octanol–water partition coefficient (Wildman–Crippen LogP) is 1.71. The lowest BCUT2D eigenvalue weighted by molar-refractivity contribution is -0.138. The maximum absolute atomic E-state index is 12.7. The number of fused-ring (bicyclic) bond motifs is 1. The maximum Gasteiger partial charge on any atom is 0.226 e. The molecule has 1 aliphatic heterocycles. The van der Waals surface area contributed by atoms with Crippen molar-refractivity contribution in [2.75, 3.05) is 13.7 Å². The van der Waals surface area contributed by atoms with Gasteiger partial charge in [0.05, 0.1) is 6.10 Å². The number of benzene rings is 1. The van der Waals surface area contributed by atoms with E-state index in [0.717, 1.165) is 38.8 Å². The molecular formula is C17H24N2O2. The molecule has 114 valence electrons. The van der Waals surface area contributed by atoms with E-state index in [4.69, 9.17) is 10.5 Å². The van der Waals surface area contributed by atoms with Gasteiger partial charge in [-0.3, -0.25) is 4.79 Å². The Morgan fingerprint density at radius 2 is 2.05 bits per heavy atom. The molecule has 1 aliphatic carbocycles. The number of methoxy groups -OCH3 is 1. The number of amides is 1. The van der Waals surface area contributed by atoms with Crippen molar-refractivity contribution in [2.24, 2.45) is 11.7 Å². The van der Waals surface area contributed by atoms with Gasteiger partial charge >= 0.3 is 0 Å². The van der Waals surface area contributed by atoms with E-state index in [2.05, 4.69) is 18.2 Å². The molecule has 3 rings (SSSR count). The average molecular weight is 288 g/mol. The van der Waals surface area contributed by atoms with Crippen LogP contribution in [-0.4, -0.2) is 36.6 Å². The summed E-state index contributed by atoms with van der Waals surface area (Å²) in [6.07, 6.45) is 3.59. The largest absolute Gasteiger partial charge is 0.380 e. The Kier molecular flexibility index (Phi) is 4.27. The van der Waals surface area contributed by atoms with E-state index in [1.165, 1.54) is 11.1 Å². The minimum absolute atomic E-state index is 0.0187. The van der Waals surface area contributed by atoms with Crippen LogP contribution >= 0.6 is 0 Å². The summed E-state index contributed by atoms with van der Waals surface area (Å²) in [4.78, 5) is 14.7. The summed E-state index contributed by atoms with van der Waals surface area (Å²) in [6.45, 7) is 1.57. The zero-order valence-corrected chi connectivity index (χ0v) is 12.6. The fourth-order valence-electron chi connectivity index (χ4n) is 3.64.